The largest absolute Gasteiger partial charge is 0.494 e. The highest BCUT2D eigenvalue weighted by Gasteiger charge is 2.08. The van der Waals surface area contributed by atoms with Crippen LogP contribution in [0.3, 0.4) is 0 Å². The van der Waals surface area contributed by atoms with Crippen LogP contribution in [-0.4, -0.2) is 17.5 Å². The van der Waals surface area contributed by atoms with Gasteiger partial charge in [-0.3, -0.25) is 4.79 Å². The number of carbonyl (C=O) groups excluding carboxylic acids is 1. The summed E-state index contributed by atoms with van der Waals surface area (Å²) in [5.74, 6) is 0.947. The molecule has 28 heavy (non-hydrogen) atoms. The van der Waals surface area contributed by atoms with Crippen molar-refractivity contribution in [3.05, 3.63) is 53.9 Å². The summed E-state index contributed by atoms with van der Waals surface area (Å²) in [5, 5.41) is 6.00. The molecule has 0 saturated heterocycles. The van der Waals surface area contributed by atoms with Gasteiger partial charge in [-0.05, 0) is 49.7 Å². The monoisotopic (exact) mass is 394 g/mol. The Morgan fingerprint density at radius 3 is 2.39 bits per heavy atom. The number of rotatable bonds is 9. The van der Waals surface area contributed by atoms with Crippen molar-refractivity contribution in [1.82, 2.24) is 4.98 Å². The highest BCUT2D eigenvalue weighted by Crippen LogP contribution is 2.30. The number of aromatic nitrogens is 1. The standard InChI is InChI=1S/C23H26N2O2S/c1-3-5-6-7-22(26)24-19-12-8-17(9-13-19)21-16-28-23(25-21)18-10-14-20(15-11-18)27-4-2/h8-16H,3-7H2,1-2H3,(H,24,26). The lowest BCUT2D eigenvalue weighted by atomic mass is 10.1. The van der Waals surface area contributed by atoms with Gasteiger partial charge in [0, 0.05) is 28.6 Å². The summed E-state index contributed by atoms with van der Waals surface area (Å²) < 4.78 is 5.49. The van der Waals surface area contributed by atoms with Gasteiger partial charge in [-0.1, -0.05) is 31.9 Å². The fraction of sp³-hybridized carbons (Fsp3) is 0.304. The first-order valence-electron chi connectivity index (χ1n) is 9.78. The average molecular weight is 395 g/mol. The van der Waals surface area contributed by atoms with Crippen molar-refractivity contribution in [3.8, 4) is 27.6 Å². The molecule has 0 unspecified atom stereocenters. The van der Waals surface area contributed by atoms with E-state index in [2.05, 4.69) is 17.6 Å². The molecule has 0 saturated carbocycles. The van der Waals surface area contributed by atoms with Crippen molar-refractivity contribution in [3.63, 3.8) is 0 Å². The van der Waals surface area contributed by atoms with Gasteiger partial charge in [-0.25, -0.2) is 4.98 Å². The van der Waals surface area contributed by atoms with Crippen LogP contribution in [0.25, 0.3) is 21.8 Å². The highest BCUT2D eigenvalue weighted by atomic mass is 32.1. The Hall–Kier alpha value is -2.66. The van der Waals surface area contributed by atoms with E-state index in [0.29, 0.717) is 13.0 Å². The van der Waals surface area contributed by atoms with Crippen LogP contribution >= 0.6 is 11.3 Å². The van der Waals surface area contributed by atoms with Crippen molar-refractivity contribution in [1.29, 1.82) is 0 Å². The van der Waals surface area contributed by atoms with E-state index < -0.39 is 0 Å². The molecule has 146 valence electrons. The quantitative estimate of drug-likeness (QED) is 0.428. The molecular weight excluding hydrogens is 368 g/mol. The van der Waals surface area contributed by atoms with E-state index in [9.17, 15) is 4.79 Å². The minimum atomic E-state index is 0.0765. The molecule has 1 aromatic heterocycles. The third kappa shape index (κ3) is 5.42. The van der Waals surface area contributed by atoms with Crippen LogP contribution in [0.2, 0.25) is 0 Å². The smallest absolute Gasteiger partial charge is 0.224 e. The number of hydrogen-bond acceptors (Lipinski definition) is 4. The molecule has 0 aliphatic heterocycles. The lowest BCUT2D eigenvalue weighted by molar-refractivity contribution is -0.116. The molecule has 2 aromatic carbocycles. The molecule has 3 rings (SSSR count). The van der Waals surface area contributed by atoms with E-state index in [1.807, 2.05) is 55.5 Å². The summed E-state index contributed by atoms with van der Waals surface area (Å²) >= 11 is 1.62. The minimum absolute atomic E-state index is 0.0765. The maximum atomic E-state index is 11.9. The molecule has 0 radical (unpaired) electrons. The van der Waals surface area contributed by atoms with Gasteiger partial charge in [0.2, 0.25) is 5.91 Å². The maximum Gasteiger partial charge on any atom is 0.224 e. The Morgan fingerprint density at radius 1 is 1.00 bits per heavy atom. The van der Waals surface area contributed by atoms with E-state index in [-0.39, 0.29) is 5.91 Å². The van der Waals surface area contributed by atoms with Gasteiger partial charge in [0.25, 0.3) is 0 Å². The fourth-order valence-corrected chi connectivity index (χ4v) is 3.72. The third-order valence-electron chi connectivity index (χ3n) is 4.39. The SMILES string of the molecule is CCCCCC(=O)Nc1ccc(-c2csc(-c3ccc(OCC)cc3)n2)cc1. The van der Waals surface area contributed by atoms with Crippen LogP contribution < -0.4 is 10.1 Å². The molecule has 0 atom stereocenters. The van der Waals surface area contributed by atoms with Gasteiger partial charge in [-0.2, -0.15) is 0 Å². The number of nitrogens with one attached hydrogen (secondary N) is 1. The number of benzene rings is 2. The van der Waals surface area contributed by atoms with Crippen LogP contribution in [-0.2, 0) is 4.79 Å². The molecule has 5 heteroatoms. The number of carbonyl (C=O) groups is 1. The van der Waals surface area contributed by atoms with Crippen LogP contribution in [0.5, 0.6) is 5.75 Å². The third-order valence-corrected chi connectivity index (χ3v) is 5.28. The van der Waals surface area contributed by atoms with Crippen LogP contribution in [0.1, 0.15) is 39.5 Å². The van der Waals surface area contributed by atoms with Gasteiger partial charge < -0.3 is 10.1 Å². The Morgan fingerprint density at radius 2 is 1.71 bits per heavy atom. The second-order valence-electron chi connectivity index (χ2n) is 6.58. The Balaban J connectivity index is 1.64. The Labute approximate surface area is 170 Å². The van der Waals surface area contributed by atoms with Crippen molar-refractivity contribution in [2.24, 2.45) is 0 Å². The number of hydrogen-bond donors (Lipinski definition) is 1. The fourth-order valence-electron chi connectivity index (χ4n) is 2.88. The van der Waals surface area contributed by atoms with Crippen molar-refractivity contribution >= 4 is 22.9 Å². The number of thiazole rings is 1. The first kappa shape index (κ1) is 20.1. The van der Waals surface area contributed by atoms with Gasteiger partial charge >= 0.3 is 0 Å². The molecule has 1 amide bonds. The zero-order valence-electron chi connectivity index (χ0n) is 16.4. The second-order valence-corrected chi connectivity index (χ2v) is 7.44. The van der Waals surface area contributed by atoms with E-state index in [1.54, 1.807) is 11.3 Å². The van der Waals surface area contributed by atoms with E-state index in [1.165, 1.54) is 0 Å². The van der Waals surface area contributed by atoms with Gasteiger partial charge in [0.1, 0.15) is 10.8 Å². The van der Waals surface area contributed by atoms with E-state index in [0.717, 1.165) is 52.5 Å². The number of unbranched alkanes of at least 4 members (excludes halogenated alkanes) is 2. The lowest BCUT2D eigenvalue weighted by Crippen LogP contribution is -2.10. The molecule has 0 bridgehead atoms. The summed E-state index contributed by atoms with van der Waals surface area (Å²) in [6.45, 7) is 4.77. The molecule has 0 spiro atoms. The zero-order valence-corrected chi connectivity index (χ0v) is 17.2. The Kier molecular flexibility index (Phi) is 7.20. The number of anilines is 1. The van der Waals surface area contributed by atoms with Gasteiger partial charge in [-0.15, -0.1) is 11.3 Å². The summed E-state index contributed by atoms with van der Waals surface area (Å²) in [5.41, 5.74) is 3.88. The average Bonchev–Trinajstić information content (AvgIpc) is 3.20. The summed E-state index contributed by atoms with van der Waals surface area (Å²) in [4.78, 5) is 16.7. The van der Waals surface area contributed by atoms with E-state index in [4.69, 9.17) is 9.72 Å². The number of ether oxygens (including phenoxy) is 1. The summed E-state index contributed by atoms with van der Waals surface area (Å²) in [6.07, 6.45) is 3.72. The molecule has 1 heterocycles. The Bertz CT molecular complexity index is 886. The van der Waals surface area contributed by atoms with E-state index >= 15 is 0 Å². The summed E-state index contributed by atoms with van der Waals surface area (Å²) in [7, 11) is 0. The van der Waals surface area contributed by atoms with Gasteiger partial charge in [0.05, 0.1) is 12.3 Å². The maximum absolute atomic E-state index is 11.9. The minimum Gasteiger partial charge on any atom is -0.494 e. The molecule has 4 nitrogen and oxygen atoms in total. The number of nitrogens with zero attached hydrogens (tertiary/aromatic N) is 1. The van der Waals surface area contributed by atoms with Crippen LogP contribution in [0.15, 0.2) is 53.9 Å². The second kappa shape index (κ2) is 10.0. The predicted molar refractivity (Wildman–Crippen MR) is 117 cm³/mol. The lowest BCUT2D eigenvalue weighted by Gasteiger charge is -2.06. The van der Waals surface area contributed by atoms with Gasteiger partial charge in [0.15, 0.2) is 0 Å². The van der Waals surface area contributed by atoms with Crippen molar-refractivity contribution < 1.29 is 9.53 Å². The van der Waals surface area contributed by atoms with Crippen molar-refractivity contribution in [2.75, 3.05) is 11.9 Å². The molecule has 1 N–H and O–H groups in total. The molecule has 0 aliphatic carbocycles. The van der Waals surface area contributed by atoms with Crippen molar-refractivity contribution in [2.45, 2.75) is 39.5 Å². The molecule has 0 fully saturated rings. The molecule has 3 aromatic rings. The molecular formula is C23H26N2O2S. The molecule has 0 aliphatic rings. The first-order valence-corrected chi connectivity index (χ1v) is 10.7. The number of amides is 1. The zero-order chi connectivity index (χ0) is 19.8. The normalized spacial score (nSPS) is 10.6. The first-order chi connectivity index (χ1) is 13.7. The topological polar surface area (TPSA) is 51.2 Å². The highest BCUT2D eigenvalue weighted by molar-refractivity contribution is 7.13. The van der Waals surface area contributed by atoms with Crippen LogP contribution in [0.4, 0.5) is 5.69 Å². The van der Waals surface area contributed by atoms with Crippen LogP contribution in [0, 0.1) is 0 Å². The predicted octanol–water partition coefficient (Wildman–Crippen LogP) is 6.39. The summed E-state index contributed by atoms with van der Waals surface area (Å²) in [6, 6.07) is 15.9.